The van der Waals surface area contributed by atoms with Crippen LogP contribution in [0.2, 0.25) is 0 Å². The van der Waals surface area contributed by atoms with Crippen LogP contribution in [0, 0.1) is 18.3 Å². The first-order valence-electron chi connectivity index (χ1n) is 7.13. The van der Waals surface area contributed by atoms with E-state index in [1.165, 1.54) is 18.4 Å². The van der Waals surface area contributed by atoms with Crippen molar-refractivity contribution in [2.24, 2.45) is 5.92 Å². The van der Waals surface area contributed by atoms with Crippen molar-refractivity contribution in [3.05, 3.63) is 23.7 Å². The summed E-state index contributed by atoms with van der Waals surface area (Å²) in [6.07, 6.45) is 9.95. The first-order valence-corrected chi connectivity index (χ1v) is 7.13. The molecule has 0 bridgehead atoms. The Labute approximate surface area is 116 Å². The topological polar surface area (TPSA) is 28.4 Å². The van der Waals surface area contributed by atoms with E-state index in [2.05, 4.69) is 36.1 Å². The average molecular weight is 260 g/mol. The number of hydrogen-bond acceptors (Lipinski definition) is 3. The van der Waals surface area contributed by atoms with Gasteiger partial charge < -0.3 is 9.73 Å². The second-order valence-corrected chi connectivity index (χ2v) is 5.72. The van der Waals surface area contributed by atoms with Crippen LogP contribution in [-0.2, 0) is 13.1 Å². The molecule has 1 fully saturated rings. The number of furan rings is 1. The fraction of sp³-hybridized carbons (Fsp3) is 0.625. The van der Waals surface area contributed by atoms with Gasteiger partial charge in [0.2, 0.25) is 0 Å². The summed E-state index contributed by atoms with van der Waals surface area (Å²) in [6, 6.07) is 2.53. The molecule has 0 unspecified atom stereocenters. The van der Waals surface area contributed by atoms with Crippen molar-refractivity contribution in [3.8, 4) is 12.3 Å². The lowest BCUT2D eigenvalue weighted by atomic mass is 10.2. The van der Waals surface area contributed by atoms with Crippen molar-refractivity contribution in [3.63, 3.8) is 0 Å². The van der Waals surface area contributed by atoms with Crippen LogP contribution in [0.3, 0.4) is 0 Å². The summed E-state index contributed by atoms with van der Waals surface area (Å²) in [6.45, 7) is 7.80. The molecule has 2 rings (SSSR count). The minimum absolute atomic E-state index is 0.464. The number of nitrogens with zero attached hydrogens (tertiary/aromatic N) is 1. The predicted octanol–water partition coefficient (Wildman–Crippen LogP) is 2.62. The summed E-state index contributed by atoms with van der Waals surface area (Å²) in [5.74, 6) is 4.66. The summed E-state index contributed by atoms with van der Waals surface area (Å²) in [5.41, 5.74) is 1.25. The Bertz CT molecular complexity index is 426. The van der Waals surface area contributed by atoms with Crippen LogP contribution in [0.5, 0.6) is 0 Å². The van der Waals surface area contributed by atoms with Crippen LogP contribution in [0.15, 0.2) is 16.7 Å². The van der Waals surface area contributed by atoms with E-state index in [0.717, 1.165) is 37.9 Å². The quantitative estimate of drug-likeness (QED) is 0.728. The highest BCUT2D eigenvalue weighted by molar-refractivity contribution is 5.17. The smallest absolute Gasteiger partial charge is 0.122 e. The van der Waals surface area contributed by atoms with Crippen LogP contribution in [0.25, 0.3) is 0 Å². The highest BCUT2D eigenvalue weighted by Crippen LogP contribution is 2.30. The molecular weight excluding hydrogens is 236 g/mol. The first kappa shape index (κ1) is 14.2. The molecule has 0 amide bonds. The maximum atomic E-state index is 5.57. The van der Waals surface area contributed by atoms with Gasteiger partial charge in [0.1, 0.15) is 5.76 Å². The second-order valence-electron chi connectivity index (χ2n) is 5.72. The van der Waals surface area contributed by atoms with Crippen LogP contribution in [0.4, 0.5) is 0 Å². The Hall–Kier alpha value is -1.24. The van der Waals surface area contributed by atoms with E-state index >= 15 is 0 Å². The molecule has 0 radical (unpaired) electrons. The molecule has 19 heavy (non-hydrogen) atoms. The van der Waals surface area contributed by atoms with Crippen molar-refractivity contribution in [1.82, 2.24) is 10.2 Å². The third-order valence-electron chi connectivity index (χ3n) is 3.43. The summed E-state index contributed by atoms with van der Waals surface area (Å²) < 4.78 is 5.57. The van der Waals surface area contributed by atoms with Crippen molar-refractivity contribution in [2.75, 3.05) is 13.1 Å². The summed E-state index contributed by atoms with van der Waals surface area (Å²) in [4.78, 5) is 2.35. The van der Waals surface area contributed by atoms with Gasteiger partial charge in [-0.2, -0.15) is 0 Å². The Morgan fingerprint density at radius 3 is 2.95 bits per heavy atom. The lowest BCUT2D eigenvalue weighted by Gasteiger charge is -2.19. The van der Waals surface area contributed by atoms with Gasteiger partial charge in [0, 0.05) is 24.7 Å². The third-order valence-corrected chi connectivity index (χ3v) is 3.43. The zero-order chi connectivity index (χ0) is 13.7. The molecule has 0 spiro atoms. The maximum Gasteiger partial charge on any atom is 0.122 e. The minimum atomic E-state index is 0.464. The molecule has 1 aliphatic carbocycles. The van der Waals surface area contributed by atoms with Crippen molar-refractivity contribution < 1.29 is 4.42 Å². The molecule has 0 atom stereocenters. The van der Waals surface area contributed by atoms with Gasteiger partial charge in [-0.25, -0.2) is 0 Å². The number of hydrogen-bond donors (Lipinski definition) is 1. The van der Waals surface area contributed by atoms with Crippen molar-refractivity contribution >= 4 is 0 Å². The van der Waals surface area contributed by atoms with E-state index in [-0.39, 0.29) is 0 Å². The lowest BCUT2D eigenvalue weighted by Crippen LogP contribution is -2.27. The van der Waals surface area contributed by atoms with Gasteiger partial charge in [0.05, 0.1) is 19.4 Å². The zero-order valence-corrected chi connectivity index (χ0v) is 12.0. The number of nitrogens with one attached hydrogen (secondary N) is 1. The third kappa shape index (κ3) is 4.74. The van der Waals surface area contributed by atoms with E-state index in [0.29, 0.717) is 6.04 Å². The van der Waals surface area contributed by atoms with Gasteiger partial charge in [-0.3, -0.25) is 4.90 Å². The molecule has 1 N–H and O–H groups in total. The molecule has 1 aromatic rings. The van der Waals surface area contributed by atoms with Crippen LogP contribution in [0.1, 0.15) is 38.0 Å². The van der Waals surface area contributed by atoms with Crippen molar-refractivity contribution in [2.45, 2.75) is 45.8 Å². The maximum absolute atomic E-state index is 5.57. The molecular formula is C16H24N2O. The second kappa shape index (κ2) is 6.79. The van der Waals surface area contributed by atoms with Gasteiger partial charge in [-0.1, -0.05) is 19.8 Å². The highest BCUT2D eigenvalue weighted by atomic mass is 16.3. The van der Waals surface area contributed by atoms with E-state index in [1.54, 1.807) is 6.26 Å². The average Bonchev–Trinajstić information content (AvgIpc) is 3.05. The van der Waals surface area contributed by atoms with Gasteiger partial charge in [-0.15, -0.1) is 6.42 Å². The highest BCUT2D eigenvalue weighted by Gasteiger charge is 2.24. The summed E-state index contributed by atoms with van der Waals surface area (Å²) in [5, 5.41) is 3.39. The van der Waals surface area contributed by atoms with Gasteiger partial charge in [-0.05, 0) is 24.8 Å². The predicted molar refractivity (Wildman–Crippen MR) is 77.5 cm³/mol. The fourth-order valence-corrected chi connectivity index (χ4v) is 2.18. The fourth-order valence-electron chi connectivity index (χ4n) is 2.18. The van der Waals surface area contributed by atoms with Gasteiger partial charge >= 0.3 is 0 Å². The van der Waals surface area contributed by atoms with E-state index < -0.39 is 0 Å². The largest absolute Gasteiger partial charge is 0.468 e. The Morgan fingerprint density at radius 2 is 2.32 bits per heavy atom. The molecule has 3 heteroatoms. The standard InChI is InChI=1S/C16H24N2O/c1-4-8-18(11-14-5-6-14)12-15-7-9-19-16(15)10-17-13(2)3/h1,7,9,13-14,17H,5-6,8,10-12H2,2-3H3. The summed E-state index contributed by atoms with van der Waals surface area (Å²) in [7, 11) is 0. The van der Waals surface area contributed by atoms with Gasteiger partial charge in [0.15, 0.2) is 0 Å². The molecule has 1 heterocycles. The minimum Gasteiger partial charge on any atom is -0.468 e. The van der Waals surface area contributed by atoms with Crippen LogP contribution < -0.4 is 5.32 Å². The monoisotopic (exact) mass is 260 g/mol. The molecule has 1 aromatic heterocycles. The molecule has 1 saturated carbocycles. The van der Waals surface area contributed by atoms with Crippen LogP contribution >= 0.6 is 0 Å². The Balaban J connectivity index is 1.92. The van der Waals surface area contributed by atoms with E-state index in [1.807, 2.05) is 0 Å². The van der Waals surface area contributed by atoms with Crippen molar-refractivity contribution in [1.29, 1.82) is 0 Å². The Morgan fingerprint density at radius 1 is 1.53 bits per heavy atom. The Kier molecular flexibility index (Phi) is 5.07. The molecule has 104 valence electrons. The molecule has 1 aliphatic rings. The molecule has 0 saturated heterocycles. The first-order chi connectivity index (χ1) is 9.19. The SMILES string of the molecule is C#CCN(Cc1ccoc1CNC(C)C)CC1CC1. The van der Waals surface area contributed by atoms with E-state index in [9.17, 15) is 0 Å². The van der Waals surface area contributed by atoms with Gasteiger partial charge in [0.25, 0.3) is 0 Å². The molecule has 0 aliphatic heterocycles. The van der Waals surface area contributed by atoms with Crippen LogP contribution in [-0.4, -0.2) is 24.0 Å². The summed E-state index contributed by atoms with van der Waals surface area (Å²) >= 11 is 0. The normalized spacial score (nSPS) is 15.1. The van der Waals surface area contributed by atoms with E-state index in [4.69, 9.17) is 10.8 Å². The lowest BCUT2D eigenvalue weighted by molar-refractivity contribution is 0.283. The molecule has 3 nitrogen and oxygen atoms in total. The number of terminal acetylenes is 1. The number of rotatable bonds is 8. The molecule has 0 aromatic carbocycles. The zero-order valence-electron chi connectivity index (χ0n) is 12.0.